The number of nitrogens with one attached hydrogen (secondary N) is 2. The minimum atomic E-state index is -0.330. The Morgan fingerprint density at radius 3 is 2.80 bits per heavy atom. The summed E-state index contributed by atoms with van der Waals surface area (Å²) in [5.41, 5.74) is 5.73. The van der Waals surface area contributed by atoms with Crippen molar-refractivity contribution in [3.8, 4) is 0 Å². The van der Waals surface area contributed by atoms with E-state index in [1.807, 2.05) is 0 Å². The summed E-state index contributed by atoms with van der Waals surface area (Å²) >= 11 is 1.16. The van der Waals surface area contributed by atoms with Crippen LogP contribution in [0.2, 0.25) is 0 Å². The predicted octanol–water partition coefficient (Wildman–Crippen LogP) is -0.398. The number of nitrogen functional groups attached to an aromatic ring is 1. The highest BCUT2D eigenvalue weighted by atomic mass is 32.1. The fraction of sp³-hybridized carbons (Fsp3) is 0.545. The van der Waals surface area contributed by atoms with Crippen molar-refractivity contribution in [1.29, 1.82) is 0 Å². The smallest absolute Gasteiger partial charge is 0.268 e. The Balaban J connectivity index is 2.70. The number of likely N-dealkylation sites (N-methyl/N-ethyl adjacent to an activating group) is 2. The number of aromatic nitrogens is 1. The van der Waals surface area contributed by atoms with Gasteiger partial charge in [-0.2, -0.15) is 0 Å². The van der Waals surface area contributed by atoms with E-state index in [9.17, 15) is 9.59 Å². The fourth-order valence-electron chi connectivity index (χ4n) is 1.36. The molecule has 0 atom stereocenters. The van der Waals surface area contributed by atoms with Crippen LogP contribution in [0, 0.1) is 0 Å². The maximum atomic E-state index is 12.1. The van der Waals surface area contributed by atoms with Crippen molar-refractivity contribution in [2.75, 3.05) is 52.0 Å². The van der Waals surface area contributed by atoms with E-state index >= 15 is 0 Å². The molecule has 1 rings (SSSR count). The van der Waals surface area contributed by atoms with Gasteiger partial charge in [-0.05, 0) is 0 Å². The van der Waals surface area contributed by atoms with E-state index in [0.717, 1.165) is 11.3 Å². The zero-order chi connectivity index (χ0) is 15.1. The van der Waals surface area contributed by atoms with Gasteiger partial charge in [0.1, 0.15) is 10.7 Å². The molecular formula is C11H19N5O3S. The first-order chi connectivity index (χ1) is 9.49. The van der Waals surface area contributed by atoms with Gasteiger partial charge in [0.25, 0.3) is 5.91 Å². The van der Waals surface area contributed by atoms with Crippen LogP contribution in [0.4, 0.5) is 10.9 Å². The Hall–Kier alpha value is -1.87. The highest BCUT2D eigenvalue weighted by Crippen LogP contribution is 2.25. The number of nitrogens with two attached hydrogens (primary N) is 1. The molecule has 0 aromatic carbocycles. The number of rotatable bonds is 7. The van der Waals surface area contributed by atoms with Crippen LogP contribution in [0.1, 0.15) is 9.67 Å². The number of methoxy groups -OCH3 is 1. The highest BCUT2D eigenvalue weighted by Gasteiger charge is 2.21. The molecule has 0 fully saturated rings. The molecule has 0 spiro atoms. The van der Waals surface area contributed by atoms with E-state index in [1.54, 1.807) is 7.11 Å². The SMILES string of the molecule is CNC(=O)CN(C)C(=O)c1sc(NCCOC)nc1N. The Labute approximate surface area is 121 Å². The highest BCUT2D eigenvalue weighted by molar-refractivity contribution is 7.18. The summed E-state index contributed by atoms with van der Waals surface area (Å²) in [6.07, 6.45) is 0. The van der Waals surface area contributed by atoms with Crippen LogP contribution < -0.4 is 16.4 Å². The first-order valence-corrected chi connectivity index (χ1v) is 6.76. The molecule has 0 bridgehead atoms. The Morgan fingerprint density at radius 2 is 2.20 bits per heavy atom. The largest absolute Gasteiger partial charge is 0.383 e. The van der Waals surface area contributed by atoms with Crippen molar-refractivity contribution in [3.63, 3.8) is 0 Å². The lowest BCUT2D eigenvalue weighted by Gasteiger charge is -2.14. The van der Waals surface area contributed by atoms with Gasteiger partial charge in [-0.3, -0.25) is 9.59 Å². The predicted molar refractivity (Wildman–Crippen MR) is 77.9 cm³/mol. The number of amides is 2. The molecule has 1 heterocycles. The Morgan fingerprint density at radius 1 is 1.50 bits per heavy atom. The first kappa shape index (κ1) is 16.2. The summed E-state index contributed by atoms with van der Waals surface area (Å²) in [5, 5.41) is 6.01. The molecule has 4 N–H and O–H groups in total. The van der Waals surface area contributed by atoms with Gasteiger partial charge >= 0.3 is 0 Å². The number of anilines is 2. The number of thiazole rings is 1. The topological polar surface area (TPSA) is 110 Å². The molecule has 8 nitrogen and oxygen atoms in total. The van der Waals surface area contributed by atoms with Gasteiger partial charge < -0.3 is 26.0 Å². The van der Waals surface area contributed by atoms with E-state index in [4.69, 9.17) is 10.5 Å². The number of carbonyl (C=O) groups excluding carboxylic acids is 2. The van der Waals surface area contributed by atoms with E-state index in [0.29, 0.717) is 23.2 Å². The molecule has 0 saturated heterocycles. The van der Waals surface area contributed by atoms with Gasteiger partial charge in [-0.15, -0.1) is 0 Å². The van der Waals surface area contributed by atoms with E-state index in [-0.39, 0.29) is 24.2 Å². The van der Waals surface area contributed by atoms with Crippen LogP contribution in [0.3, 0.4) is 0 Å². The number of nitrogens with zero attached hydrogens (tertiary/aromatic N) is 2. The second kappa shape index (κ2) is 7.65. The lowest BCUT2D eigenvalue weighted by molar-refractivity contribution is -0.121. The van der Waals surface area contributed by atoms with Crippen molar-refractivity contribution in [2.45, 2.75) is 0 Å². The quantitative estimate of drug-likeness (QED) is 0.591. The molecule has 2 amide bonds. The number of hydrogen-bond donors (Lipinski definition) is 3. The molecular weight excluding hydrogens is 282 g/mol. The summed E-state index contributed by atoms with van der Waals surface area (Å²) in [6.45, 7) is 1.07. The summed E-state index contributed by atoms with van der Waals surface area (Å²) < 4.78 is 4.91. The Bertz CT molecular complexity index is 477. The molecule has 1 aromatic heterocycles. The maximum absolute atomic E-state index is 12.1. The third-order valence-electron chi connectivity index (χ3n) is 2.44. The third kappa shape index (κ3) is 4.35. The van der Waals surface area contributed by atoms with Crippen LogP contribution in [-0.4, -0.2) is 62.6 Å². The number of hydrogen-bond acceptors (Lipinski definition) is 7. The third-order valence-corrected chi connectivity index (χ3v) is 3.45. The van der Waals surface area contributed by atoms with Crippen LogP contribution >= 0.6 is 11.3 Å². The summed E-state index contributed by atoms with van der Waals surface area (Å²) in [5.74, 6) is -0.422. The molecule has 0 aliphatic rings. The first-order valence-electron chi connectivity index (χ1n) is 5.94. The van der Waals surface area contributed by atoms with Gasteiger partial charge in [-0.1, -0.05) is 11.3 Å². The average molecular weight is 301 g/mol. The van der Waals surface area contributed by atoms with Crippen LogP contribution in [0.25, 0.3) is 0 Å². The standard InChI is InChI=1S/C11H19N5O3S/c1-13-7(17)6-16(2)10(18)8-9(12)15-11(20-8)14-4-5-19-3/h4-6,12H2,1-3H3,(H,13,17)(H,14,15). The summed E-state index contributed by atoms with van der Waals surface area (Å²) in [6, 6.07) is 0. The second-order valence-corrected chi connectivity index (χ2v) is 4.99. The van der Waals surface area contributed by atoms with Crippen molar-refractivity contribution in [2.24, 2.45) is 0 Å². The fourth-order valence-corrected chi connectivity index (χ4v) is 2.27. The molecule has 20 heavy (non-hydrogen) atoms. The van der Waals surface area contributed by atoms with Gasteiger partial charge in [0, 0.05) is 27.7 Å². The van der Waals surface area contributed by atoms with Crippen LogP contribution in [0.15, 0.2) is 0 Å². The van der Waals surface area contributed by atoms with Crippen molar-refractivity contribution < 1.29 is 14.3 Å². The number of ether oxygens (including phenoxy) is 1. The molecule has 1 aromatic rings. The molecule has 0 radical (unpaired) electrons. The van der Waals surface area contributed by atoms with Gasteiger partial charge in [0.15, 0.2) is 5.13 Å². The van der Waals surface area contributed by atoms with E-state index in [2.05, 4.69) is 15.6 Å². The molecule has 9 heteroatoms. The minimum absolute atomic E-state index is 0.0287. The van der Waals surface area contributed by atoms with Gasteiger partial charge in [0.05, 0.1) is 13.2 Å². The Kier molecular flexibility index (Phi) is 6.19. The second-order valence-electron chi connectivity index (χ2n) is 3.99. The van der Waals surface area contributed by atoms with Crippen molar-refractivity contribution in [3.05, 3.63) is 4.88 Å². The molecule has 0 aliphatic carbocycles. The lowest BCUT2D eigenvalue weighted by Crippen LogP contribution is -2.36. The monoisotopic (exact) mass is 301 g/mol. The lowest BCUT2D eigenvalue weighted by atomic mass is 10.4. The van der Waals surface area contributed by atoms with E-state index < -0.39 is 0 Å². The summed E-state index contributed by atoms with van der Waals surface area (Å²) in [7, 11) is 4.65. The zero-order valence-corrected chi connectivity index (χ0v) is 12.5. The van der Waals surface area contributed by atoms with E-state index in [1.165, 1.54) is 19.0 Å². The zero-order valence-electron chi connectivity index (χ0n) is 11.7. The van der Waals surface area contributed by atoms with Gasteiger partial charge in [-0.25, -0.2) is 4.98 Å². The molecule has 0 saturated carbocycles. The minimum Gasteiger partial charge on any atom is -0.383 e. The normalized spacial score (nSPS) is 10.2. The van der Waals surface area contributed by atoms with Crippen LogP contribution in [0.5, 0.6) is 0 Å². The van der Waals surface area contributed by atoms with Crippen molar-refractivity contribution in [1.82, 2.24) is 15.2 Å². The summed E-state index contributed by atoms with van der Waals surface area (Å²) in [4.78, 5) is 29.1. The average Bonchev–Trinajstić information content (AvgIpc) is 2.79. The van der Waals surface area contributed by atoms with Crippen molar-refractivity contribution >= 4 is 34.1 Å². The van der Waals surface area contributed by atoms with Gasteiger partial charge in [0.2, 0.25) is 5.91 Å². The van der Waals surface area contributed by atoms with Crippen LogP contribution in [-0.2, 0) is 9.53 Å². The number of carbonyl (C=O) groups is 2. The molecule has 0 unspecified atom stereocenters. The maximum Gasteiger partial charge on any atom is 0.268 e. The molecule has 0 aliphatic heterocycles. The molecule has 112 valence electrons.